The summed E-state index contributed by atoms with van der Waals surface area (Å²) in [6.07, 6.45) is 3.10. The minimum atomic E-state index is -0.641. The van der Waals surface area contributed by atoms with Crippen LogP contribution in [0.4, 0.5) is 5.82 Å². The summed E-state index contributed by atoms with van der Waals surface area (Å²) in [5.41, 5.74) is 1.94. The predicted octanol–water partition coefficient (Wildman–Crippen LogP) is 3.27. The Morgan fingerprint density at radius 2 is 2.10 bits per heavy atom. The van der Waals surface area contributed by atoms with Crippen LogP contribution in [0.2, 0.25) is 0 Å². The van der Waals surface area contributed by atoms with Gasteiger partial charge in [0.15, 0.2) is 6.10 Å². The van der Waals surface area contributed by atoms with E-state index in [0.717, 1.165) is 16.9 Å². The van der Waals surface area contributed by atoms with Crippen molar-refractivity contribution in [3.05, 3.63) is 59.8 Å². The van der Waals surface area contributed by atoms with Gasteiger partial charge in [-0.25, -0.2) is 4.98 Å². The van der Waals surface area contributed by atoms with Crippen molar-refractivity contribution in [3.63, 3.8) is 0 Å². The first kappa shape index (κ1) is 15.5. The fourth-order valence-corrected chi connectivity index (χ4v) is 2.53. The zero-order valence-electron chi connectivity index (χ0n) is 12.1. The highest BCUT2D eigenvalue weighted by atomic mass is 32.2. The van der Waals surface area contributed by atoms with E-state index in [9.17, 15) is 4.79 Å². The molecule has 0 aliphatic heterocycles. The van der Waals surface area contributed by atoms with Crippen molar-refractivity contribution in [2.75, 3.05) is 18.7 Å². The van der Waals surface area contributed by atoms with Crippen LogP contribution in [-0.2, 0) is 15.3 Å². The number of methoxy groups -OCH3 is 1. The van der Waals surface area contributed by atoms with E-state index < -0.39 is 6.10 Å². The molecule has 1 aromatic carbocycles. The molecule has 2 aromatic rings. The smallest absolute Gasteiger partial charge is 0.259 e. The van der Waals surface area contributed by atoms with E-state index >= 15 is 0 Å². The molecule has 0 aliphatic carbocycles. The topological polar surface area (TPSA) is 51.2 Å². The van der Waals surface area contributed by atoms with Crippen molar-refractivity contribution in [1.82, 2.24) is 4.98 Å². The number of rotatable bonds is 6. The van der Waals surface area contributed by atoms with Gasteiger partial charge in [0.05, 0.1) is 0 Å². The van der Waals surface area contributed by atoms with E-state index in [0.29, 0.717) is 5.82 Å². The molecule has 0 radical (unpaired) electrons. The normalized spacial score (nSPS) is 11.9. The van der Waals surface area contributed by atoms with Crippen LogP contribution in [0, 0.1) is 0 Å². The second-order valence-electron chi connectivity index (χ2n) is 4.50. The third-order valence-corrected chi connectivity index (χ3v) is 3.58. The third-order valence-electron chi connectivity index (χ3n) is 2.96. The number of anilines is 1. The van der Waals surface area contributed by atoms with Crippen LogP contribution in [0.1, 0.15) is 17.2 Å². The minimum absolute atomic E-state index is 0.225. The molecule has 0 spiro atoms. The molecule has 1 amide bonds. The Kier molecular flexibility index (Phi) is 5.78. The summed E-state index contributed by atoms with van der Waals surface area (Å²) in [4.78, 5) is 16.5. The number of pyridine rings is 1. The Hall–Kier alpha value is -1.85. The second kappa shape index (κ2) is 7.81. The Labute approximate surface area is 128 Å². The molecule has 110 valence electrons. The third kappa shape index (κ3) is 4.31. The van der Waals surface area contributed by atoms with E-state index in [1.165, 1.54) is 7.11 Å². The monoisotopic (exact) mass is 302 g/mol. The number of hydrogen-bond acceptors (Lipinski definition) is 4. The van der Waals surface area contributed by atoms with Crippen LogP contribution in [0.3, 0.4) is 0 Å². The van der Waals surface area contributed by atoms with Crippen LogP contribution in [-0.4, -0.2) is 24.3 Å². The lowest BCUT2D eigenvalue weighted by atomic mass is 10.1. The van der Waals surface area contributed by atoms with Gasteiger partial charge in [0.1, 0.15) is 5.82 Å². The van der Waals surface area contributed by atoms with Crippen molar-refractivity contribution in [3.8, 4) is 0 Å². The highest BCUT2D eigenvalue weighted by Crippen LogP contribution is 2.19. The molecule has 4 nitrogen and oxygen atoms in total. The molecular formula is C16H18N2O2S. The van der Waals surface area contributed by atoms with E-state index in [4.69, 9.17) is 4.74 Å². The minimum Gasteiger partial charge on any atom is -0.367 e. The molecular weight excluding hydrogens is 284 g/mol. The van der Waals surface area contributed by atoms with Gasteiger partial charge in [-0.15, -0.1) is 0 Å². The molecule has 1 aromatic heterocycles. The Morgan fingerprint density at radius 1 is 1.33 bits per heavy atom. The van der Waals surface area contributed by atoms with Gasteiger partial charge in [-0.1, -0.05) is 30.3 Å². The summed E-state index contributed by atoms with van der Waals surface area (Å²) in [5, 5.41) is 2.81. The number of nitrogens with one attached hydrogen (secondary N) is 1. The molecule has 21 heavy (non-hydrogen) atoms. The van der Waals surface area contributed by atoms with Crippen LogP contribution >= 0.6 is 11.8 Å². The number of amides is 1. The maximum atomic E-state index is 12.3. The van der Waals surface area contributed by atoms with E-state index in [1.54, 1.807) is 18.0 Å². The number of nitrogens with zero attached hydrogens (tertiary/aromatic N) is 1. The number of benzene rings is 1. The zero-order chi connectivity index (χ0) is 15.1. The van der Waals surface area contributed by atoms with Gasteiger partial charge in [-0.3, -0.25) is 4.79 Å². The first-order valence-corrected chi connectivity index (χ1v) is 7.96. The van der Waals surface area contributed by atoms with Gasteiger partial charge in [-0.2, -0.15) is 11.8 Å². The lowest BCUT2D eigenvalue weighted by Gasteiger charge is -2.15. The maximum Gasteiger partial charge on any atom is 0.259 e. The maximum absolute atomic E-state index is 12.3. The van der Waals surface area contributed by atoms with Crippen molar-refractivity contribution in [2.45, 2.75) is 11.9 Å². The Bertz CT molecular complexity index is 590. The number of hydrogen-bond donors (Lipinski definition) is 1. The summed E-state index contributed by atoms with van der Waals surface area (Å²) < 4.78 is 5.30. The first-order valence-electron chi connectivity index (χ1n) is 6.57. The van der Waals surface area contributed by atoms with E-state index in [2.05, 4.69) is 10.3 Å². The number of aromatic nitrogens is 1. The molecule has 1 atom stereocenters. The zero-order valence-corrected chi connectivity index (χ0v) is 12.9. The number of carbonyl (C=O) groups excluding carboxylic acids is 1. The number of ether oxygens (including phenoxy) is 1. The lowest BCUT2D eigenvalue weighted by molar-refractivity contribution is -0.126. The van der Waals surface area contributed by atoms with Crippen molar-refractivity contribution >= 4 is 23.5 Å². The van der Waals surface area contributed by atoms with Crippen LogP contribution in [0.5, 0.6) is 0 Å². The van der Waals surface area contributed by atoms with Crippen molar-refractivity contribution in [1.29, 1.82) is 0 Å². The first-order chi connectivity index (χ1) is 10.2. The van der Waals surface area contributed by atoms with Gasteiger partial charge in [0, 0.05) is 19.1 Å². The summed E-state index contributed by atoms with van der Waals surface area (Å²) >= 11 is 1.72. The van der Waals surface area contributed by atoms with Crippen molar-refractivity contribution in [2.24, 2.45) is 0 Å². The fourth-order valence-electron chi connectivity index (χ4n) is 2.01. The lowest BCUT2D eigenvalue weighted by Crippen LogP contribution is -2.23. The number of carbonyl (C=O) groups is 1. The molecule has 0 bridgehead atoms. The summed E-state index contributed by atoms with van der Waals surface area (Å²) in [6, 6.07) is 13.2. The van der Waals surface area contributed by atoms with Gasteiger partial charge < -0.3 is 10.1 Å². The van der Waals surface area contributed by atoms with E-state index in [-0.39, 0.29) is 5.91 Å². The average Bonchev–Trinajstić information content (AvgIpc) is 2.50. The predicted molar refractivity (Wildman–Crippen MR) is 86.3 cm³/mol. The standard InChI is InChI=1S/C16H18N2O2S/c1-20-15(13-6-4-3-5-7-13)16(19)18-14-10-12(11-21-2)8-9-17-14/h3-10,15H,11H2,1-2H3,(H,17,18,19)/t15-/m0/s1. The summed E-state index contributed by atoms with van der Waals surface area (Å²) in [6.45, 7) is 0. The molecule has 0 saturated carbocycles. The Balaban J connectivity index is 2.11. The molecule has 2 rings (SSSR count). The largest absolute Gasteiger partial charge is 0.367 e. The SMILES string of the molecule is CO[C@H](C(=O)Nc1cc(CSC)ccn1)c1ccccc1. The summed E-state index contributed by atoms with van der Waals surface area (Å²) in [7, 11) is 1.52. The van der Waals surface area contributed by atoms with Crippen LogP contribution in [0.25, 0.3) is 0 Å². The molecule has 5 heteroatoms. The fraction of sp³-hybridized carbons (Fsp3) is 0.250. The molecule has 0 saturated heterocycles. The van der Waals surface area contributed by atoms with Gasteiger partial charge >= 0.3 is 0 Å². The molecule has 0 unspecified atom stereocenters. The van der Waals surface area contributed by atoms with Crippen molar-refractivity contribution < 1.29 is 9.53 Å². The van der Waals surface area contributed by atoms with Gasteiger partial charge in [0.2, 0.25) is 0 Å². The quantitative estimate of drug-likeness (QED) is 0.890. The van der Waals surface area contributed by atoms with Crippen LogP contribution in [0.15, 0.2) is 48.7 Å². The number of thioether (sulfide) groups is 1. The Morgan fingerprint density at radius 3 is 2.76 bits per heavy atom. The average molecular weight is 302 g/mol. The highest BCUT2D eigenvalue weighted by molar-refractivity contribution is 7.97. The van der Waals surface area contributed by atoms with Gasteiger partial charge in [-0.05, 0) is 29.5 Å². The second-order valence-corrected chi connectivity index (χ2v) is 5.36. The molecule has 0 aliphatic rings. The van der Waals surface area contributed by atoms with Gasteiger partial charge in [0.25, 0.3) is 5.91 Å². The van der Waals surface area contributed by atoms with Crippen LogP contribution < -0.4 is 5.32 Å². The highest BCUT2D eigenvalue weighted by Gasteiger charge is 2.20. The summed E-state index contributed by atoms with van der Waals surface area (Å²) in [5.74, 6) is 1.21. The molecule has 1 heterocycles. The van der Waals surface area contributed by atoms with E-state index in [1.807, 2.05) is 48.7 Å². The molecule has 0 fully saturated rings. The molecule has 1 N–H and O–H groups in total.